The summed E-state index contributed by atoms with van der Waals surface area (Å²) in [4.78, 5) is 9.68. The summed E-state index contributed by atoms with van der Waals surface area (Å²) in [5.41, 5.74) is 0. The van der Waals surface area contributed by atoms with Gasteiger partial charge in [0, 0.05) is 0 Å². The SMILES string of the molecule is O=C(O)[AsH][Te+][SeH]. The average molecular weight is 329 g/mol. The van der Waals surface area contributed by atoms with Gasteiger partial charge in [-0.25, -0.2) is 0 Å². The van der Waals surface area contributed by atoms with E-state index < -0.39 is 17.2 Å². The van der Waals surface area contributed by atoms with Gasteiger partial charge in [0.1, 0.15) is 0 Å². The molecule has 0 fully saturated rings. The second kappa shape index (κ2) is 4.50. The molecule has 5 heteroatoms. The van der Waals surface area contributed by atoms with Crippen LogP contribution in [-0.2, 0) is 0 Å². The topological polar surface area (TPSA) is 37.3 Å². The molecule has 6 heavy (non-hydrogen) atoms. The van der Waals surface area contributed by atoms with E-state index in [-0.39, 0.29) is 16.3 Å². The van der Waals surface area contributed by atoms with Crippen molar-refractivity contribution in [3.05, 3.63) is 0 Å². The molecule has 0 saturated carbocycles. The van der Waals surface area contributed by atoms with Gasteiger partial charge in [0.2, 0.25) is 0 Å². The quantitative estimate of drug-likeness (QED) is 0.629. The normalized spacial score (nSPS) is 10.2. The molecule has 0 aromatic heterocycles. The molecule has 0 spiro atoms. The zero-order valence-electron chi connectivity index (χ0n) is 2.71. The number of hydrogen-bond acceptors (Lipinski definition) is 1. The van der Waals surface area contributed by atoms with Gasteiger partial charge >= 0.3 is 56.2 Å². The Morgan fingerprint density at radius 2 is 2.50 bits per heavy atom. The molecule has 1 N–H and O–H groups in total. The van der Waals surface area contributed by atoms with Crippen molar-refractivity contribution in [3.8, 4) is 0 Å². The summed E-state index contributed by atoms with van der Waals surface area (Å²) in [5, 5.41) is 7.99. The Morgan fingerprint density at radius 3 is 2.50 bits per heavy atom. The Hall–Kier alpha value is 1.34. The van der Waals surface area contributed by atoms with Crippen molar-refractivity contribution >= 4 is 46.3 Å². The third-order valence-corrected chi connectivity index (χ3v) is 11.3. The fourth-order valence-electron chi connectivity index (χ4n) is 0.0390. The minimum atomic E-state index is -0.543. The van der Waals surface area contributed by atoms with Crippen molar-refractivity contribution < 1.29 is 9.90 Å². The molecule has 0 aromatic rings. The van der Waals surface area contributed by atoms with Crippen LogP contribution < -0.4 is 0 Å². The van der Waals surface area contributed by atoms with Crippen molar-refractivity contribution in [2.75, 3.05) is 0 Å². The third kappa shape index (κ3) is 5.34. The molecule has 0 aliphatic carbocycles. The van der Waals surface area contributed by atoms with Crippen molar-refractivity contribution in [1.82, 2.24) is 0 Å². The van der Waals surface area contributed by atoms with E-state index in [0.717, 1.165) is 0 Å². The monoisotopic (exact) mass is 332 g/mol. The van der Waals surface area contributed by atoms with Crippen LogP contribution >= 0.6 is 0 Å². The Kier molecular flexibility index (Phi) is 5.50. The van der Waals surface area contributed by atoms with E-state index in [1.54, 1.807) is 0 Å². The van der Waals surface area contributed by atoms with Crippen LogP contribution in [0.3, 0.4) is 0 Å². The van der Waals surface area contributed by atoms with E-state index in [9.17, 15) is 4.79 Å². The first kappa shape index (κ1) is 7.34. The summed E-state index contributed by atoms with van der Waals surface area (Å²) >= 11 is 1.77. The van der Waals surface area contributed by atoms with Gasteiger partial charge in [-0.15, -0.1) is 0 Å². The maximum atomic E-state index is 9.68. The minimum absolute atomic E-state index is 0.109. The third-order valence-electron chi connectivity index (χ3n) is 0.133. The molecular weight excluding hydrogens is 325 g/mol. The Morgan fingerprint density at radius 1 is 2.00 bits per heavy atom. The van der Waals surface area contributed by atoms with E-state index in [4.69, 9.17) is 5.11 Å². The summed E-state index contributed by atoms with van der Waals surface area (Å²) in [6.45, 7) is 0. The fraction of sp³-hybridized carbons (Fsp3) is 0. The predicted molar refractivity (Wildman–Crippen MR) is 28.1 cm³/mol. The average Bonchev–Trinajstić information content (AvgIpc) is 1.35. The van der Waals surface area contributed by atoms with Crippen molar-refractivity contribution in [1.29, 1.82) is 0 Å². The molecule has 35 valence electrons. The second-order valence-electron chi connectivity index (χ2n) is 0.499. The van der Waals surface area contributed by atoms with Crippen LogP contribution in [0.15, 0.2) is 0 Å². The molecule has 0 heterocycles. The van der Waals surface area contributed by atoms with Crippen molar-refractivity contribution in [3.63, 3.8) is 0 Å². The molecule has 1 unspecified atom stereocenters. The molecule has 2 nitrogen and oxygen atoms in total. The van der Waals surface area contributed by atoms with Gasteiger partial charge < -0.3 is 0 Å². The van der Waals surface area contributed by atoms with Crippen LogP contribution in [0.2, 0.25) is 0 Å². The number of carbonyl (C=O) groups is 1. The predicted octanol–water partition coefficient (Wildman–Crippen LogP) is -1.46. The number of rotatable bonds is 2. The Balaban J connectivity index is 2.83. The van der Waals surface area contributed by atoms with E-state index in [2.05, 4.69) is 12.8 Å². The van der Waals surface area contributed by atoms with E-state index in [0.29, 0.717) is 0 Å². The number of carboxylic acid groups (broad SMARTS) is 1. The first-order valence-electron chi connectivity index (χ1n) is 1.06. The van der Waals surface area contributed by atoms with Gasteiger partial charge in [0.05, 0.1) is 0 Å². The molecular formula is CH3AsO2SeTe+. The first-order valence-corrected chi connectivity index (χ1v) is 15.2. The number of hydrogen-bond donors (Lipinski definition) is 1. The Bertz CT molecular complexity index is 57.5. The molecule has 0 aliphatic rings. The molecule has 0 aliphatic heterocycles. The van der Waals surface area contributed by atoms with Gasteiger partial charge in [-0.05, 0) is 0 Å². The van der Waals surface area contributed by atoms with Crippen LogP contribution in [0.4, 0.5) is 4.79 Å². The zero-order valence-corrected chi connectivity index (χ0v) is 9.02. The van der Waals surface area contributed by atoms with Crippen LogP contribution in [0.25, 0.3) is 0 Å². The summed E-state index contributed by atoms with van der Waals surface area (Å²) in [6.07, 6.45) is 0. The maximum absolute atomic E-state index is 9.68. The van der Waals surface area contributed by atoms with Gasteiger partial charge in [0.15, 0.2) is 0 Å². The second-order valence-corrected chi connectivity index (χ2v) is 21.3. The molecule has 0 aromatic carbocycles. The Labute approximate surface area is 55.7 Å². The molecule has 0 amide bonds. The van der Waals surface area contributed by atoms with Crippen molar-refractivity contribution in [2.24, 2.45) is 0 Å². The van der Waals surface area contributed by atoms with E-state index in [1.807, 2.05) is 0 Å². The first-order chi connectivity index (χ1) is 2.77. The van der Waals surface area contributed by atoms with E-state index >= 15 is 0 Å². The van der Waals surface area contributed by atoms with Crippen LogP contribution in [-0.4, -0.2) is 51.4 Å². The van der Waals surface area contributed by atoms with Crippen molar-refractivity contribution in [2.45, 2.75) is 0 Å². The molecule has 0 bridgehead atoms. The molecule has 1 atom stereocenters. The zero-order chi connectivity index (χ0) is 4.99. The molecule has 1 radical (unpaired) electrons. The summed E-state index contributed by atoms with van der Waals surface area (Å²) in [7, 11) is 0. The van der Waals surface area contributed by atoms with E-state index in [1.165, 1.54) is 0 Å². The summed E-state index contributed by atoms with van der Waals surface area (Å²) < 4.78 is -0.543. The van der Waals surface area contributed by atoms with Crippen LogP contribution in [0.5, 0.6) is 0 Å². The molecule has 0 rings (SSSR count). The van der Waals surface area contributed by atoms with Crippen LogP contribution in [0, 0.1) is 0 Å². The van der Waals surface area contributed by atoms with Gasteiger partial charge in [-0.3, -0.25) is 0 Å². The van der Waals surface area contributed by atoms with Gasteiger partial charge in [0.25, 0.3) is 0 Å². The standard InChI is InChI=1S/CH3AsO2SeTe/c3-1(4)2-6-5/h2,5H,(H,3,4)/q+1. The van der Waals surface area contributed by atoms with Gasteiger partial charge in [-0.2, -0.15) is 0 Å². The summed E-state index contributed by atoms with van der Waals surface area (Å²) in [6, 6.07) is 0. The fourth-order valence-corrected chi connectivity index (χ4v) is 7.07. The van der Waals surface area contributed by atoms with Crippen LogP contribution in [0.1, 0.15) is 0 Å². The van der Waals surface area contributed by atoms with Gasteiger partial charge in [-0.1, -0.05) is 0 Å². The summed E-state index contributed by atoms with van der Waals surface area (Å²) in [5.74, 6) is 0. The molecule has 0 saturated heterocycles.